The van der Waals surface area contributed by atoms with E-state index in [0.29, 0.717) is 11.4 Å². The van der Waals surface area contributed by atoms with Gasteiger partial charge in [-0.25, -0.2) is 9.78 Å². The second kappa shape index (κ2) is 10.4. The fraction of sp³-hybridized carbons (Fsp3) is 0.200. The van der Waals surface area contributed by atoms with E-state index in [2.05, 4.69) is 0 Å². The van der Waals surface area contributed by atoms with Crippen LogP contribution >= 0.6 is 0 Å². The van der Waals surface area contributed by atoms with Crippen LogP contribution in [0.1, 0.15) is 57.2 Å². The number of ether oxygens (including phenoxy) is 2. The number of nitro benzene ring substituents is 1. The fourth-order valence-corrected chi connectivity index (χ4v) is 7.02. The van der Waals surface area contributed by atoms with Crippen LogP contribution in [0.5, 0.6) is 0 Å². The molecule has 5 heterocycles. The van der Waals surface area contributed by atoms with Crippen LogP contribution in [0.25, 0.3) is 33.1 Å². The van der Waals surface area contributed by atoms with Gasteiger partial charge in [-0.1, -0.05) is 31.2 Å². The van der Waals surface area contributed by atoms with Crippen molar-refractivity contribution < 1.29 is 33.6 Å². The van der Waals surface area contributed by atoms with Crippen molar-refractivity contribution in [2.75, 3.05) is 6.54 Å². The summed E-state index contributed by atoms with van der Waals surface area (Å²) in [5.74, 6) is -3.19. The summed E-state index contributed by atoms with van der Waals surface area (Å²) >= 11 is 0. The number of non-ortho nitro benzene ring substituents is 1. The summed E-state index contributed by atoms with van der Waals surface area (Å²) in [5, 5.41) is 12.8. The molecule has 13 nitrogen and oxygen atoms in total. The number of cyclic esters (lactones) is 1. The molecule has 0 spiro atoms. The van der Waals surface area contributed by atoms with E-state index in [1.54, 1.807) is 17.6 Å². The first-order chi connectivity index (χ1) is 23.1. The van der Waals surface area contributed by atoms with Gasteiger partial charge in [0.05, 0.1) is 45.7 Å². The maximum absolute atomic E-state index is 13.8. The molecule has 3 aromatic carbocycles. The van der Waals surface area contributed by atoms with E-state index < -0.39 is 40.7 Å². The molecule has 3 aliphatic rings. The number of para-hydroxylation sites is 1. The highest BCUT2D eigenvalue weighted by Gasteiger charge is 2.50. The van der Waals surface area contributed by atoms with Crippen LogP contribution in [0, 0.1) is 10.1 Å². The van der Waals surface area contributed by atoms with Crippen LogP contribution < -0.4 is 5.56 Å². The Morgan fingerprint density at radius 2 is 1.79 bits per heavy atom. The van der Waals surface area contributed by atoms with Gasteiger partial charge in [-0.2, -0.15) is 0 Å². The van der Waals surface area contributed by atoms with Gasteiger partial charge in [0, 0.05) is 45.6 Å². The van der Waals surface area contributed by atoms with E-state index in [4.69, 9.17) is 14.5 Å². The Balaban J connectivity index is 1.10. The predicted molar refractivity (Wildman–Crippen MR) is 169 cm³/mol. The van der Waals surface area contributed by atoms with E-state index in [-0.39, 0.29) is 70.4 Å². The normalized spacial score (nSPS) is 17.6. The molecule has 0 saturated heterocycles. The summed E-state index contributed by atoms with van der Waals surface area (Å²) in [4.78, 5) is 84.2. The Bertz CT molecular complexity index is 2380. The van der Waals surface area contributed by atoms with Gasteiger partial charge in [-0.15, -0.1) is 0 Å². The van der Waals surface area contributed by atoms with Gasteiger partial charge in [0.2, 0.25) is 5.60 Å². The van der Waals surface area contributed by atoms with E-state index in [0.717, 1.165) is 21.4 Å². The van der Waals surface area contributed by atoms with Gasteiger partial charge in [0.1, 0.15) is 6.61 Å². The van der Waals surface area contributed by atoms with Crippen molar-refractivity contribution in [3.8, 4) is 11.4 Å². The van der Waals surface area contributed by atoms with E-state index in [9.17, 15) is 34.1 Å². The second-order valence-corrected chi connectivity index (χ2v) is 11.9. The molecule has 13 heteroatoms. The number of imide groups is 1. The smallest absolute Gasteiger partial charge is 0.355 e. The zero-order valence-corrected chi connectivity index (χ0v) is 25.3. The van der Waals surface area contributed by atoms with Crippen LogP contribution in [-0.4, -0.2) is 49.7 Å². The van der Waals surface area contributed by atoms with Crippen LogP contribution in [-0.2, 0) is 37.8 Å². The van der Waals surface area contributed by atoms with Gasteiger partial charge in [0.15, 0.2) is 0 Å². The number of nitrogens with zero attached hydrogens (tertiary/aromatic N) is 4. The third kappa shape index (κ3) is 4.03. The number of fused-ring (bicyclic) bond motifs is 5. The molecule has 8 rings (SSSR count). The number of rotatable bonds is 6. The van der Waals surface area contributed by atoms with E-state index in [1.165, 1.54) is 30.3 Å². The van der Waals surface area contributed by atoms with Crippen molar-refractivity contribution in [1.29, 1.82) is 0 Å². The molecular formula is C35H24N4O9. The fourth-order valence-electron chi connectivity index (χ4n) is 7.02. The van der Waals surface area contributed by atoms with Crippen molar-refractivity contribution in [2.24, 2.45) is 0 Å². The Kier molecular flexibility index (Phi) is 6.32. The molecule has 5 aromatic rings. The summed E-state index contributed by atoms with van der Waals surface area (Å²) in [6.07, 6.45) is -0.526. The summed E-state index contributed by atoms with van der Waals surface area (Å²) in [6, 6.07) is 18.1. The average Bonchev–Trinajstić information content (AvgIpc) is 3.44. The zero-order chi connectivity index (χ0) is 33.5. The maximum Gasteiger partial charge on any atom is 0.355 e. The van der Waals surface area contributed by atoms with Gasteiger partial charge in [-0.3, -0.25) is 34.2 Å². The molecular weight excluding hydrogens is 620 g/mol. The number of carbonyl (C=O) groups excluding carboxylic acids is 4. The molecule has 238 valence electrons. The van der Waals surface area contributed by atoms with Crippen LogP contribution in [0.3, 0.4) is 0 Å². The maximum atomic E-state index is 13.8. The number of amides is 2. The molecule has 0 N–H and O–H groups in total. The highest BCUT2D eigenvalue weighted by molar-refractivity contribution is 6.26. The number of hydrogen-bond acceptors (Lipinski definition) is 10. The largest absolute Gasteiger partial charge is 0.457 e. The predicted octanol–water partition coefficient (Wildman–Crippen LogP) is 4.38. The van der Waals surface area contributed by atoms with Crippen LogP contribution in [0.4, 0.5) is 5.69 Å². The Labute approximate surface area is 270 Å². The van der Waals surface area contributed by atoms with E-state index in [1.807, 2.05) is 30.3 Å². The summed E-state index contributed by atoms with van der Waals surface area (Å²) in [6.45, 7) is 1.23. The summed E-state index contributed by atoms with van der Waals surface area (Å²) in [7, 11) is 0. The molecule has 3 aliphatic heterocycles. The minimum absolute atomic E-state index is 0.0544. The van der Waals surface area contributed by atoms with Crippen LogP contribution in [0.15, 0.2) is 71.5 Å². The highest BCUT2D eigenvalue weighted by atomic mass is 16.6. The summed E-state index contributed by atoms with van der Waals surface area (Å²) < 4.78 is 12.8. The lowest BCUT2D eigenvalue weighted by molar-refractivity contribution is -0.383. The van der Waals surface area contributed by atoms with E-state index >= 15 is 0 Å². The van der Waals surface area contributed by atoms with Crippen molar-refractivity contribution in [1.82, 2.24) is 14.5 Å². The Morgan fingerprint density at radius 3 is 2.56 bits per heavy atom. The number of nitro groups is 1. The molecule has 0 fully saturated rings. The lowest BCUT2D eigenvalue weighted by atomic mass is 9.85. The molecule has 0 bridgehead atoms. The number of esters is 2. The van der Waals surface area contributed by atoms with Crippen molar-refractivity contribution in [3.05, 3.63) is 115 Å². The van der Waals surface area contributed by atoms with Crippen molar-refractivity contribution in [3.63, 3.8) is 0 Å². The zero-order valence-electron chi connectivity index (χ0n) is 25.3. The second-order valence-electron chi connectivity index (χ2n) is 11.9. The number of hydrogen-bond donors (Lipinski definition) is 0. The highest BCUT2D eigenvalue weighted by Crippen LogP contribution is 2.41. The number of pyridine rings is 2. The SMILES string of the molecule is CCC1(OC(=O)CCN2C(=O)c3cccc4c([N+](=O)[O-])ccc(c34)C2=O)C(=O)OCc2c1cc1n(c2=O)Cc2cc3ccccc3nc2-1. The molecule has 2 amide bonds. The standard InChI is InChI=1S/C35H24N4O9/c1-2-35(48-28(40)12-13-37-31(41)21-8-5-7-20-26(39(45)46)11-10-22(29(20)21)32(37)42)24-15-27-30-19(14-18-6-3-4-9-25(18)36-30)16-38(27)33(43)23(24)17-47-34(35)44/h3-11,14-15H,2,12-13,16-17H2,1H3. The van der Waals surface area contributed by atoms with Gasteiger partial charge in [-0.05, 0) is 42.8 Å². The average molecular weight is 645 g/mol. The van der Waals surface area contributed by atoms with Crippen LogP contribution in [0.2, 0.25) is 0 Å². The topological polar surface area (TPSA) is 168 Å². The van der Waals surface area contributed by atoms with Gasteiger partial charge < -0.3 is 14.0 Å². The molecule has 0 radical (unpaired) electrons. The number of aromatic nitrogens is 2. The minimum Gasteiger partial charge on any atom is -0.457 e. The Hall–Kier alpha value is -6.24. The first-order valence-corrected chi connectivity index (χ1v) is 15.2. The molecule has 1 unspecified atom stereocenters. The molecule has 0 aliphatic carbocycles. The monoisotopic (exact) mass is 644 g/mol. The molecule has 1 atom stereocenters. The lowest BCUT2D eigenvalue weighted by Crippen LogP contribution is -2.48. The lowest BCUT2D eigenvalue weighted by Gasteiger charge is -2.36. The molecule has 48 heavy (non-hydrogen) atoms. The Morgan fingerprint density at radius 1 is 1.02 bits per heavy atom. The van der Waals surface area contributed by atoms with Gasteiger partial charge >= 0.3 is 11.9 Å². The first-order valence-electron chi connectivity index (χ1n) is 15.2. The quantitative estimate of drug-likeness (QED) is 0.110. The summed E-state index contributed by atoms with van der Waals surface area (Å²) in [5.41, 5.74) is 0.642. The number of carbonyl (C=O) groups is 4. The van der Waals surface area contributed by atoms with Crippen molar-refractivity contribution >= 4 is 51.1 Å². The molecule has 2 aromatic heterocycles. The minimum atomic E-state index is -1.95. The molecule has 0 saturated carbocycles. The first kappa shape index (κ1) is 29.2. The third-order valence-electron chi connectivity index (χ3n) is 9.38. The number of benzene rings is 3. The third-order valence-corrected chi connectivity index (χ3v) is 9.38. The van der Waals surface area contributed by atoms with Gasteiger partial charge in [0.25, 0.3) is 23.1 Å². The van der Waals surface area contributed by atoms with Crippen molar-refractivity contribution in [2.45, 2.75) is 38.5 Å².